The van der Waals surface area contributed by atoms with Gasteiger partial charge in [-0.05, 0) is 59.8 Å². The molecule has 0 bridgehead atoms. The highest BCUT2D eigenvalue weighted by atomic mass is 79.9. The summed E-state index contributed by atoms with van der Waals surface area (Å²) in [4.78, 5) is 0. The fraction of sp³-hybridized carbons (Fsp3) is 0.308. The van der Waals surface area contributed by atoms with Crippen molar-refractivity contribution in [1.29, 1.82) is 0 Å². The molecule has 0 unspecified atom stereocenters. The van der Waals surface area contributed by atoms with E-state index in [1.807, 2.05) is 4.68 Å². The number of benzene rings is 1. The van der Waals surface area contributed by atoms with Crippen LogP contribution in [0.3, 0.4) is 0 Å². The van der Waals surface area contributed by atoms with E-state index in [2.05, 4.69) is 21.0 Å². The molecule has 0 saturated heterocycles. The van der Waals surface area contributed by atoms with E-state index in [4.69, 9.17) is 5.73 Å². The first-order valence-electron chi connectivity index (χ1n) is 5.98. The third kappa shape index (κ3) is 1.82. The van der Waals surface area contributed by atoms with Gasteiger partial charge in [-0.3, -0.25) is 0 Å². The maximum absolute atomic E-state index is 13.3. The van der Waals surface area contributed by atoms with Gasteiger partial charge in [-0.2, -0.15) is 5.10 Å². The van der Waals surface area contributed by atoms with E-state index < -0.39 is 0 Å². The molecule has 3 rings (SSSR count). The number of nitrogens with zero attached hydrogens (tertiary/aromatic N) is 2. The monoisotopic (exact) mass is 309 g/mol. The zero-order chi connectivity index (χ0) is 12.7. The molecule has 0 atom stereocenters. The smallest absolute Gasteiger partial charge is 0.149 e. The maximum atomic E-state index is 13.3. The lowest BCUT2D eigenvalue weighted by Crippen LogP contribution is -2.08. The minimum absolute atomic E-state index is 0.271. The van der Waals surface area contributed by atoms with Crippen LogP contribution >= 0.6 is 15.9 Å². The minimum atomic E-state index is -0.271. The number of aromatic nitrogens is 2. The molecule has 5 heteroatoms. The van der Waals surface area contributed by atoms with E-state index in [1.165, 1.54) is 6.07 Å². The van der Waals surface area contributed by atoms with Crippen LogP contribution in [0.1, 0.15) is 24.1 Å². The normalized spacial score (nSPS) is 14.6. The lowest BCUT2D eigenvalue weighted by molar-refractivity contribution is 0.618. The SMILES string of the molecule is Nc1nn(-c2ccc(F)c(Br)c2)c2c1CCCC2. The van der Waals surface area contributed by atoms with Gasteiger partial charge in [0.25, 0.3) is 0 Å². The fourth-order valence-corrected chi connectivity index (χ4v) is 2.82. The van der Waals surface area contributed by atoms with Gasteiger partial charge in [0.15, 0.2) is 0 Å². The van der Waals surface area contributed by atoms with Gasteiger partial charge in [-0.25, -0.2) is 9.07 Å². The molecule has 1 heterocycles. The quantitative estimate of drug-likeness (QED) is 0.879. The topological polar surface area (TPSA) is 43.8 Å². The number of hydrogen-bond donors (Lipinski definition) is 1. The molecule has 1 aromatic heterocycles. The zero-order valence-corrected chi connectivity index (χ0v) is 11.4. The highest BCUT2D eigenvalue weighted by molar-refractivity contribution is 9.10. The molecule has 0 fully saturated rings. The van der Waals surface area contributed by atoms with Crippen LogP contribution in [0.25, 0.3) is 5.69 Å². The van der Waals surface area contributed by atoms with Crippen LogP contribution in [-0.4, -0.2) is 9.78 Å². The Kier molecular flexibility index (Phi) is 2.86. The Balaban J connectivity index is 2.14. The van der Waals surface area contributed by atoms with E-state index in [0.717, 1.165) is 42.6 Å². The molecule has 3 nitrogen and oxygen atoms in total. The zero-order valence-electron chi connectivity index (χ0n) is 9.79. The Bertz CT molecular complexity index is 607. The van der Waals surface area contributed by atoms with Gasteiger partial charge < -0.3 is 5.73 Å². The second-order valence-electron chi connectivity index (χ2n) is 4.53. The van der Waals surface area contributed by atoms with Gasteiger partial charge in [0, 0.05) is 11.3 Å². The summed E-state index contributed by atoms with van der Waals surface area (Å²) in [5.74, 6) is 0.331. The van der Waals surface area contributed by atoms with Crippen molar-refractivity contribution < 1.29 is 4.39 Å². The Morgan fingerprint density at radius 3 is 2.83 bits per heavy atom. The number of halogens is 2. The molecule has 1 aliphatic rings. The van der Waals surface area contributed by atoms with Crippen LogP contribution in [0.4, 0.5) is 10.2 Å². The lowest BCUT2D eigenvalue weighted by Gasteiger charge is -2.14. The molecule has 0 aliphatic heterocycles. The van der Waals surface area contributed by atoms with Crippen LogP contribution in [0.2, 0.25) is 0 Å². The standard InChI is InChI=1S/C13H13BrFN3/c14-10-7-8(5-6-11(10)15)18-12-4-2-1-3-9(12)13(16)17-18/h5-7H,1-4H2,(H2,16,17). The highest BCUT2D eigenvalue weighted by Gasteiger charge is 2.20. The van der Waals surface area contributed by atoms with Gasteiger partial charge in [0.05, 0.1) is 10.2 Å². The van der Waals surface area contributed by atoms with E-state index in [0.29, 0.717) is 10.3 Å². The Labute approximate surface area is 113 Å². The highest BCUT2D eigenvalue weighted by Crippen LogP contribution is 2.29. The van der Waals surface area contributed by atoms with Crippen LogP contribution in [-0.2, 0) is 12.8 Å². The van der Waals surface area contributed by atoms with E-state index >= 15 is 0 Å². The summed E-state index contributed by atoms with van der Waals surface area (Å²) in [6.45, 7) is 0. The first-order valence-corrected chi connectivity index (χ1v) is 6.78. The molecule has 94 valence electrons. The summed E-state index contributed by atoms with van der Waals surface area (Å²) < 4.78 is 15.5. The summed E-state index contributed by atoms with van der Waals surface area (Å²) in [7, 11) is 0. The summed E-state index contributed by atoms with van der Waals surface area (Å²) in [5, 5.41) is 4.38. The molecule has 1 aliphatic carbocycles. The predicted molar refractivity (Wildman–Crippen MR) is 72.3 cm³/mol. The summed E-state index contributed by atoms with van der Waals surface area (Å²) in [6.07, 6.45) is 4.29. The maximum Gasteiger partial charge on any atom is 0.149 e. The molecule has 2 aromatic rings. The van der Waals surface area contributed by atoms with Gasteiger partial charge >= 0.3 is 0 Å². The number of hydrogen-bond acceptors (Lipinski definition) is 2. The molecule has 1 aromatic carbocycles. The second kappa shape index (κ2) is 4.39. The fourth-order valence-electron chi connectivity index (χ4n) is 2.46. The van der Waals surface area contributed by atoms with Crippen molar-refractivity contribution in [1.82, 2.24) is 9.78 Å². The second-order valence-corrected chi connectivity index (χ2v) is 5.38. The number of fused-ring (bicyclic) bond motifs is 1. The van der Waals surface area contributed by atoms with Crippen LogP contribution < -0.4 is 5.73 Å². The van der Waals surface area contributed by atoms with Crippen LogP contribution in [0, 0.1) is 5.82 Å². The Hall–Kier alpha value is -1.36. The van der Waals surface area contributed by atoms with Crippen molar-refractivity contribution in [3.63, 3.8) is 0 Å². The third-order valence-corrected chi connectivity index (χ3v) is 3.97. The van der Waals surface area contributed by atoms with E-state index in [-0.39, 0.29) is 5.82 Å². The molecule has 0 saturated carbocycles. The van der Waals surface area contributed by atoms with E-state index in [1.54, 1.807) is 12.1 Å². The number of nitrogen functional groups attached to an aromatic ring is 1. The van der Waals surface area contributed by atoms with Crippen molar-refractivity contribution in [3.05, 3.63) is 39.7 Å². The number of nitrogens with two attached hydrogens (primary N) is 1. The van der Waals surface area contributed by atoms with Crippen molar-refractivity contribution in [2.45, 2.75) is 25.7 Å². The van der Waals surface area contributed by atoms with Gasteiger partial charge in [0.2, 0.25) is 0 Å². The number of rotatable bonds is 1. The van der Waals surface area contributed by atoms with Gasteiger partial charge in [0.1, 0.15) is 11.6 Å². The largest absolute Gasteiger partial charge is 0.382 e. The average Bonchev–Trinajstić information content (AvgIpc) is 2.71. The molecular formula is C13H13BrFN3. The van der Waals surface area contributed by atoms with Gasteiger partial charge in [-0.1, -0.05) is 0 Å². The lowest BCUT2D eigenvalue weighted by atomic mass is 9.97. The molecule has 18 heavy (non-hydrogen) atoms. The molecule has 0 spiro atoms. The minimum Gasteiger partial charge on any atom is -0.382 e. The molecule has 2 N–H and O–H groups in total. The first-order chi connectivity index (χ1) is 8.66. The van der Waals surface area contributed by atoms with Crippen molar-refractivity contribution in [2.24, 2.45) is 0 Å². The summed E-state index contributed by atoms with van der Waals surface area (Å²) >= 11 is 3.20. The Morgan fingerprint density at radius 2 is 2.06 bits per heavy atom. The summed E-state index contributed by atoms with van der Waals surface area (Å²) in [5.41, 5.74) is 9.11. The first kappa shape index (κ1) is 11.7. The molecule has 0 radical (unpaired) electrons. The molecular weight excluding hydrogens is 297 g/mol. The van der Waals surface area contributed by atoms with Gasteiger partial charge in [-0.15, -0.1) is 0 Å². The van der Waals surface area contributed by atoms with Crippen molar-refractivity contribution in [3.8, 4) is 5.69 Å². The summed E-state index contributed by atoms with van der Waals surface area (Å²) in [6, 6.07) is 4.89. The van der Waals surface area contributed by atoms with Crippen molar-refractivity contribution in [2.75, 3.05) is 5.73 Å². The average molecular weight is 310 g/mol. The number of anilines is 1. The van der Waals surface area contributed by atoms with Crippen molar-refractivity contribution >= 4 is 21.7 Å². The van der Waals surface area contributed by atoms with E-state index in [9.17, 15) is 4.39 Å². The predicted octanol–water partition coefficient (Wildman–Crippen LogP) is 3.23. The van der Waals surface area contributed by atoms with Crippen LogP contribution in [0.5, 0.6) is 0 Å². The Morgan fingerprint density at radius 1 is 1.28 bits per heavy atom. The molecule has 0 amide bonds. The van der Waals surface area contributed by atoms with Crippen LogP contribution in [0.15, 0.2) is 22.7 Å². The third-order valence-electron chi connectivity index (χ3n) is 3.36.